The summed E-state index contributed by atoms with van der Waals surface area (Å²) in [6, 6.07) is 8.39. The first-order valence-electron chi connectivity index (χ1n) is 5.48. The monoisotopic (exact) mass is 330 g/mol. The van der Waals surface area contributed by atoms with Crippen LogP contribution in [0.4, 0.5) is 0 Å². The average Bonchev–Trinajstić information content (AvgIpc) is 2.61. The number of halogens is 1. The number of rotatable bonds is 2. The minimum absolute atomic E-state index is 0.0239. The predicted molar refractivity (Wildman–Crippen MR) is 71.9 cm³/mol. The Hall–Kier alpha value is -0.580. The third-order valence-electron chi connectivity index (χ3n) is 3.01. The fourth-order valence-electron chi connectivity index (χ4n) is 2.11. The Morgan fingerprint density at radius 3 is 2.56 bits per heavy atom. The molecule has 1 saturated heterocycles. The van der Waals surface area contributed by atoms with E-state index < -0.39 is 0 Å². The zero-order chi connectivity index (χ0) is 11.7. The van der Waals surface area contributed by atoms with Crippen LogP contribution in [0.2, 0.25) is 0 Å². The second-order valence-electron chi connectivity index (χ2n) is 4.35. The molecule has 0 N–H and O–H groups in total. The van der Waals surface area contributed by atoms with E-state index in [-0.39, 0.29) is 18.0 Å². The molecule has 1 aromatic rings. The van der Waals surface area contributed by atoms with Gasteiger partial charge in [-0.15, -0.1) is 0 Å². The van der Waals surface area contributed by atoms with Crippen LogP contribution in [0, 0.1) is 6.92 Å². The quantitative estimate of drug-likeness (QED) is 0.473. The number of benzene rings is 1. The van der Waals surface area contributed by atoms with Crippen molar-refractivity contribution in [1.29, 1.82) is 0 Å². The van der Waals surface area contributed by atoms with Crippen LogP contribution < -0.4 is 0 Å². The van der Waals surface area contributed by atoms with E-state index in [1.165, 1.54) is 11.1 Å². The molecular weight excluding hydrogens is 315 g/mol. The summed E-state index contributed by atoms with van der Waals surface area (Å²) in [7, 11) is 0. The van der Waals surface area contributed by atoms with Crippen molar-refractivity contribution in [3.8, 4) is 0 Å². The summed E-state index contributed by atoms with van der Waals surface area (Å²) in [6.45, 7) is 4.16. The van der Waals surface area contributed by atoms with Gasteiger partial charge in [-0.25, -0.2) is 0 Å². The van der Waals surface area contributed by atoms with Gasteiger partial charge >= 0.3 is 5.97 Å². The summed E-state index contributed by atoms with van der Waals surface area (Å²) in [5, 5.41) is 0. The summed E-state index contributed by atoms with van der Waals surface area (Å²) >= 11 is 2.33. The molecule has 1 aliphatic rings. The third kappa shape index (κ3) is 2.39. The van der Waals surface area contributed by atoms with Crippen molar-refractivity contribution in [1.82, 2.24) is 0 Å². The highest BCUT2D eigenvalue weighted by atomic mass is 127. The highest BCUT2D eigenvalue weighted by molar-refractivity contribution is 14.1. The van der Waals surface area contributed by atoms with E-state index >= 15 is 0 Å². The van der Waals surface area contributed by atoms with Crippen molar-refractivity contribution < 1.29 is 9.53 Å². The molecule has 2 nitrogen and oxygen atoms in total. The van der Waals surface area contributed by atoms with Crippen molar-refractivity contribution in [2.24, 2.45) is 0 Å². The Labute approximate surface area is 110 Å². The number of hydrogen-bond acceptors (Lipinski definition) is 2. The van der Waals surface area contributed by atoms with E-state index in [4.69, 9.17) is 4.74 Å². The molecular formula is C13H15IO2. The molecule has 86 valence electrons. The first-order chi connectivity index (χ1) is 7.58. The minimum atomic E-state index is -0.0703. The van der Waals surface area contributed by atoms with Gasteiger partial charge in [0, 0.05) is 9.84 Å². The van der Waals surface area contributed by atoms with Gasteiger partial charge in [0.15, 0.2) is 0 Å². The van der Waals surface area contributed by atoms with Gasteiger partial charge in [0.1, 0.15) is 6.10 Å². The lowest BCUT2D eigenvalue weighted by atomic mass is 9.91. The highest BCUT2D eigenvalue weighted by Crippen LogP contribution is 2.36. The third-order valence-corrected chi connectivity index (χ3v) is 3.72. The Kier molecular flexibility index (Phi) is 3.52. The molecule has 1 heterocycles. The van der Waals surface area contributed by atoms with E-state index in [0.29, 0.717) is 10.3 Å². The molecule has 1 fully saturated rings. The average molecular weight is 330 g/mol. The molecule has 2 rings (SSSR count). The summed E-state index contributed by atoms with van der Waals surface area (Å²) in [6.07, 6.45) is 0.539. The maximum absolute atomic E-state index is 11.4. The van der Waals surface area contributed by atoms with E-state index in [1.807, 2.05) is 0 Å². The topological polar surface area (TPSA) is 26.3 Å². The molecule has 3 atom stereocenters. The predicted octanol–water partition coefficient (Wildman–Crippen LogP) is 3.22. The molecule has 0 spiro atoms. The summed E-state index contributed by atoms with van der Waals surface area (Å²) in [4.78, 5) is 11.4. The summed E-state index contributed by atoms with van der Waals surface area (Å²) in [5.41, 5.74) is 2.46. The Morgan fingerprint density at radius 2 is 2.00 bits per heavy atom. The van der Waals surface area contributed by atoms with E-state index in [2.05, 4.69) is 60.7 Å². The normalized spacial score (nSPS) is 26.6. The summed E-state index contributed by atoms with van der Waals surface area (Å²) in [5.74, 6) is 0.152. The van der Waals surface area contributed by atoms with Crippen LogP contribution in [0.25, 0.3) is 0 Å². The number of carbonyl (C=O) groups is 1. The minimum Gasteiger partial charge on any atom is -0.461 e. The smallest absolute Gasteiger partial charge is 0.306 e. The Balaban J connectivity index is 2.25. The first-order valence-corrected chi connectivity index (χ1v) is 6.72. The lowest BCUT2D eigenvalue weighted by Crippen LogP contribution is -2.23. The molecule has 3 heteroatoms. The largest absolute Gasteiger partial charge is 0.461 e. The van der Waals surface area contributed by atoms with Crippen LogP contribution in [0.15, 0.2) is 24.3 Å². The molecule has 16 heavy (non-hydrogen) atoms. The lowest BCUT2D eigenvalue weighted by molar-refractivity contribution is -0.141. The van der Waals surface area contributed by atoms with Crippen molar-refractivity contribution in [2.75, 3.05) is 0 Å². The van der Waals surface area contributed by atoms with Crippen LogP contribution in [0.5, 0.6) is 0 Å². The standard InChI is InChI=1S/C13H15IO2/c1-8-3-5-10(6-4-8)11-7-12(15)16-13(11)9(2)14/h3-6,9,11,13H,7H2,1-2H3/t9-,11+,13-/m1/s1. The van der Waals surface area contributed by atoms with E-state index in [0.717, 1.165) is 0 Å². The van der Waals surface area contributed by atoms with Gasteiger partial charge in [-0.1, -0.05) is 52.4 Å². The zero-order valence-corrected chi connectivity index (χ0v) is 11.6. The molecule has 0 aliphatic carbocycles. The van der Waals surface area contributed by atoms with Crippen molar-refractivity contribution in [3.63, 3.8) is 0 Å². The fourth-order valence-corrected chi connectivity index (χ4v) is 2.76. The van der Waals surface area contributed by atoms with Gasteiger partial charge < -0.3 is 4.74 Å². The number of alkyl halides is 1. The number of esters is 1. The van der Waals surface area contributed by atoms with Crippen molar-refractivity contribution in [2.45, 2.75) is 36.2 Å². The second kappa shape index (κ2) is 4.73. The van der Waals surface area contributed by atoms with Crippen LogP contribution in [0.1, 0.15) is 30.4 Å². The van der Waals surface area contributed by atoms with Crippen LogP contribution in [0.3, 0.4) is 0 Å². The Morgan fingerprint density at radius 1 is 1.38 bits per heavy atom. The lowest BCUT2D eigenvalue weighted by Gasteiger charge is -2.20. The van der Waals surface area contributed by atoms with Gasteiger partial charge in [-0.05, 0) is 19.4 Å². The molecule has 0 bridgehead atoms. The zero-order valence-electron chi connectivity index (χ0n) is 9.44. The number of aryl methyl sites for hydroxylation is 1. The van der Waals surface area contributed by atoms with Crippen LogP contribution in [-0.4, -0.2) is 16.0 Å². The summed E-state index contributed by atoms with van der Waals surface area (Å²) < 4.78 is 5.72. The van der Waals surface area contributed by atoms with Gasteiger partial charge in [-0.2, -0.15) is 0 Å². The Bertz CT molecular complexity index is 383. The number of carbonyl (C=O) groups excluding carboxylic acids is 1. The van der Waals surface area contributed by atoms with Crippen LogP contribution in [-0.2, 0) is 9.53 Å². The molecule has 0 aromatic heterocycles. The second-order valence-corrected chi connectivity index (χ2v) is 6.32. The molecule has 0 radical (unpaired) electrons. The van der Waals surface area contributed by atoms with E-state index in [9.17, 15) is 4.79 Å². The maximum atomic E-state index is 11.4. The maximum Gasteiger partial charge on any atom is 0.306 e. The molecule has 1 aromatic carbocycles. The van der Waals surface area contributed by atoms with E-state index in [1.54, 1.807) is 0 Å². The van der Waals surface area contributed by atoms with Gasteiger partial charge in [0.05, 0.1) is 6.42 Å². The van der Waals surface area contributed by atoms with Crippen LogP contribution >= 0.6 is 22.6 Å². The SMILES string of the molecule is Cc1ccc([C@@H]2CC(=O)O[C@@H]2[C@@H](C)I)cc1. The number of hydrogen-bond donors (Lipinski definition) is 0. The van der Waals surface area contributed by atoms with Gasteiger partial charge in [0.25, 0.3) is 0 Å². The van der Waals surface area contributed by atoms with Crippen molar-refractivity contribution >= 4 is 28.6 Å². The van der Waals surface area contributed by atoms with Gasteiger partial charge in [0.2, 0.25) is 0 Å². The fraction of sp³-hybridized carbons (Fsp3) is 0.462. The van der Waals surface area contributed by atoms with Gasteiger partial charge in [-0.3, -0.25) is 4.79 Å². The number of ether oxygens (including phenoxy) is 1. The first kappa shape index (κ1) is 11.9. The highest BCUT2D eigenvalue weighted by Gasteiger charge is 2.38. The van der Waals surface area contributed by atoms with Crippen molar-refractivity contribution in [3.05, 3.63) is 35.4 Å². The molecule has 1 aliphatic heterocycles. The molecule has 0 unspecified atom stereocenters. The molecule has 0 saturated carbocycles. The molecule has 0 amide bonds. The number of cyclic esters (lactones) is 1.